The molecule has 0 N–H and O–H groups in total. The lowest BCUT2D eigenvalue weighted by Gasteiger charge is -2.13. The molecular formula is C20H18F2N2O2. The van der Waals surface area contributed by atoms with Gasteiger partial charge in [-0.25, -0.2) is 13.8 Å². The molecule has 134 valence electrons. The Morgan fingerprint density at radius 2 is 1.92 bits per heavy atom. The van der Waals surface area contributed by atoms with Crippen LogP contribution in [0.15, 0.2) is 53.6 Å². The van der Waals surface area contributed by atoms with Gasteiger partial charge in [0.05, 0.1) is 11.3 Å². The molecule has 0 unspecified atom stereocenters. The van der Waals surface area contributed by atoms with Gasteiger partial charge in [0, 0.05) is 11.6 Å². The lowest BCUT2D eigenvalue weighted by molar-refractivity contribution is 0.283. The van der Waals surface area contributed by atoms with E-state index in [0.717, 1.165) is 23.4 Å². The molecule has 0 bridgehead atoms. The van der Waals surface area contributed by atoms with Gasteiger partial charge < -0.3 is 4.74 Å². The Balaban J connectivity index is 1.93. The highest BCUT2D eigenvalue weighted by molar-refractivity contribution is 5.41. The van der Waals surface area contributed by atoms with Gasteiger partial charge in [-0.05, 0) is 37.1 Å². The molecule has 0 aliphatic heterocycles. The zero-order chi connectivity index (χ0) is 18.7. The molecule has 1 heterocycles. The number of hydrogen-bond acceptors (Lipinski definition) is 3. The number of aromatic nitrogens is 2. The van der Waals surface area contributed by atoms with Crippen LogP contribution in [0.1, 0.15) is 23.6 Å². The lowest BCUT2D eigenvalue weighted by Crippen LogP contribution is -2.24. The van der Waals surface area contributed by atoms with Crippen molar-refractivity contribution in [2.75, 3.05) is 0 Å². The summed E-state index contributed by atoms with van der Waals surface area (Å²) in [6, 6.07) is 10.8. The van der Waals surface area contributed by atoms with E-state index < -0.39 is 11.6 Å². The predicted molar refractivity (Wildman–Crippen MR) is 94.6 cm³/mol. The fourth-order valence-electron chi connectivity index (χ4n) is 2.69. The maximum absolute atomic E-state index is 13.7. The van der Waals surface area contributed by atoms with Gasteiger partial charge in [0.2, 0.25) is 5.88 Å². The number of hydrogen-bond donors (Lipinski definition) is 0. The van der Waals surface area contributed by atoms with Crippen molar-refractivity contribution >= 4 is 0 Å². The van der Waals surface area contributed by atoms with E-state index in [-0.39, 0.29) is 23.6 Å². The van der Waals surface area contributed by atoms with Crippen molar-refractivity contribution in [3.05, 3.63) is 87.5 Å². The van der Waals surface area contributed by atoms with Crippen LogP contribution in [-0.2, 0) is 13.0 Å². The number of rotatable bonds is 5. The van der Waals surface area contributed by atoms with E-state index in [2.05, 4.69) is 4.98 Å². The van der Waals surface area contributed by atoms with Gasteiger partial charge in [-0.15, -0.1) is 0 Å². The number of halogens is 2. The third-order valence-corrected chi connectivity index (χ3v) is 4.13. The second-order valence-electron chi connectivity index (χ2n) is 5.87. The van der Waals surface area contributed by atoms with Crippen LogP contribution in [0, 0.1) is 18.6 Å². The first-order valence-electron chi connectivity index (χ1n) is 8.24. The molecule has 0 radical (unpaired) electrons. The van der Waals surface area contributed by atoms with E-state index in [1.807, 2.05) is 38.1 Å². The zero-order valence-corrected chi connectivity index (χ0v) is 14.5. The SMILES string of the molecule is CCc1c(OCc2ccc(F)cc2F)ncn(-c2ccccc2C)c1=O. The second-order valence-corrected chi connectivity index (χ2v) is 5.87. The molecule has 6 heteroatoms. The van der Waals surface area contributed by atoms with E-state index in [9.17, 15) is 13.6 Å². The Hall–Kier alpha value is -3.02. The first-order valence-corrected chi connectivity index (χ1v) is 8.24. The highest BCUT2D eigenvalue weighted by Crippen LogP contribution is 2.18. The Kier molecular flexibility index (Phi) is 5.11. The number of para-hydroxylation sites is 1. The van der Waals surface area contributed by atoms with Crippen molar-refractivity contribution in [1.82, 2.24) is 9.55 Å². The predicted octanol–water partition coefficient (Wildman–Crippen LogP) is 3.96. The third-order valence-electron chi connectivity index (χ3n) is 4.13. The normalized spacial score (nSPS) is 10.8. The standard InChI is InChI=1S/C20H18F2N2O2/c1-3-16-19(26-11-14-8-9-15(21)10-17(14)22)23-12-24(20(16)25)18-7-5-4-6-13(18)2/h4-10,12H,3,11H2,1-2H3. The van der Waals surface area contributed by atoms with Gasteiger partial charge in [0.1, 0.15) is 24.6 Å². The average molecular weight is 356 g/mol. The summed E-state index contributed by atoms with van der Waals surface area (Å²) in [4.78, 5) is 17.1. The summed E-state index contributed by atoms with van der Waals surface area (Å²) in [5, 5.41) is 0. The minimum absolute atomic E-state index is 0.139. The number of benzene rings is 2. The van der Waals surface area contributed by atoms with Crippen LogP contribution in [0.25, 0.3) is 5.69 Å². The van der Waals surface area contributed by atoms with E-state index in [4.69, 9.17) is 4.74 Å². The van der Waals surface area contributed by atoms with Crippen LogP contribution < -0.4 is 10.3 Å². The summed E-state index contributed by atoms with van der Waals surface area (Å²) in [7, 11) is 0. The highest BCUT2D eigenvalue weighted by atomic mass is 19.1. The Bertz CT molecular complexity index is 999. The molecule has 2 aromatic carbocycles. The smallest absolute Gasteiger partial charge is 0.264 e. The van der Waals surface area contributed by atoms with E-state index in [0.29, 0.717) is 12.0 Å². The van der Waals surface area contributed by atoms with Crippen LogP contribution in [0.2, 0.25) is 0 Å². The molecule has 0 aliphatic carbocycles. The van der Waals surface area contributed by atoms with Crippen LogP contribution >= 0.6 is 0 Å². The highest BCUT2D eigenvalue weighted by Gasteiger charge is 2.14. The van der Waals surface area contributed by atoms with E-state index in [1.165, 1.54) is 17.0 Å². The molecule has 0 spiro atoms. The molecule has 0 amide bonds. The fourth-order valence-corrected chi connectivity index (χ4v) is 2.69. The van der Waals surface area contributed by atoms with Crippen LogP contribution in [-0.4, -0.2) is 9.55 Å². The maximum Gasteiger partial charge on any atom is 0.264 e. The minimum Gasteiger partial charge on any atom is -0.472 e. The van der Waals surface area contributed by atoms with E-state index in [1.54, 1.807) is 0 Å². The molecule has 0 saturated heterocycles. The third kappa shape index (κ3) is 3.49. The summed E-state index contributed by atoms with van der Waals surface area (Å²) in [6.45, 7) is 3.60. The quantitative estimate of drug-likeness (QED) is 0.695. The Morgan fingerprint density at radius 3 is 2.62 bits per heavy atom. The monoisotopic (exact) mass is 356 g/mol. The molecule has 0 fully saturated rings. The summed E-state index contributed by atoms with van der Waals surface area (Å²) >= 11 is 0. The number of nitrogens with zero attached hydrogens (tertiary/aromatic N) is 2. The van der Waals surface area contributed by atoms with Gasteiger partial charge in [-0.1, -0.05) is 25.1 Å². The maximum atomic E-state index is 13.7. The van der Waals surface area contributed by atoms with Gasteiger partial charge in [-0.3, -0.25) is 9.36 Å². The summed E-state index contributed by atoms with van der Waals surface area (Å²) in [6.07, 6.45) is 1.82. The fraction of sp³-hybridized carbons (Fsp3) is 0.200. The van der Waals surface area contributed by atoms with Gasteiger partial charge in [0.25, 0.3) is 5.56 Å². The van der Waals surface area contributed by atoms with Gasteiger partial charge in [-0.2, -0.15) is 0 Å². The van der Waals surface area contributed by atoms with Gasteiger partial charge in [0.15, 0.2) is 0 Å². The molecule has 3 aromatic rings. The molecule has 0 atom stereocenters. The molecule has 26 heavy (non-hydrogen) atoms. The van der Waals surface area contributed by atoms with Crippen molar-refractivity contribution in [2.24, 2.45) is 0 Å². The average Bonchev–Trinajstić information content (AvgIpc) is 2.62. The Morgan fingerprint density at radius 1 is 1.15 bits per heavy atom. The number of aryl methyl sites for hydroxylation is 1. The van der Waals surface area contributed by atoms with Crippen molar-refractivity contribution in [3.63, 3.8) is 0 Å². The minimum atomic E-state index is -0.698. The van der Waals surface area contributed by atoms with Crippen LogP contribution in [0.4, 0.5) is 8.78 Å². The van der Waals surface area contributed by atoms with Crippen molar-refractivity contribution < 1.29 is 13.5 Å². The van der Waals surface area contributed by atoms with Gasteiger partial charge >= 0.3 is 0 Å². The Labute approximate surface area is 149 Å². The van der Waals surface area contributed by atoms with E-state index >= 15 is 0 Å². The molecule has 1 aromatic heterocycles. The number of ether oxygens (including phenoxy) is 1. The topological polar surface area (TPSA) is 44.1 Å². The van der Waals surface area contributed by atoms with Crippen molar-refractivity contribution in [3.8, 4) is 11.6 Å². The molecular weight excluding hydrogens is 338 g/mol. The molecule has 0 saturated carbocycles. The summed E-state index contributed by atoms with van der Waals surface area (Å²) < 4.78 is 33.7. The van der Waals surface area contributed by atoms with Crippen molar-refractivity contribution in [1.29, 1.82) is 0 Å². The summed E-state index contributed by atoms with van der Waals surface area (Å²) in [5.41, 5.74) is 2.05. The summed E-state index contributed by atoms with van der Waals surface area (Å²) in [5.74, 6) is -1.19. The van der Waals surface area contributed by atoms with Crippen LogP contribution in [0.5, 0.6) is 5.88 Å². The first kappa shape index (κ1) is 17.8. The largest absolute Gasteiger partial charge is 0.472 e. The molecule has 0 aliphatic rings. The molecule has 4 nitrogen and oxygen atoms in total. The lowest BCUT2D eigenvalue weighted by atomic mass is 10.2. The zero-order valence-electron chi connectivity index (χ0n) is 14.5. The second kappa shape index (κ2) is 7.47. The molecule has 3 rings (SSSR count). The first-order chi connectivity index (χ1) is 12.5. The van der Waals surface area contributed by atoms with Crippen LogP contribution in [0.3, 0.4) is 0 Å². The van der Waals surface area contributed by atoms with Crippen molar-refractivity contribution in [2.45, 2.75) is 26.9 Å².